The first-order valence-corrected chi connectivity index (χ1v) is 9.24. The van der Waals surface area contributed by atoms with Crippen LogP contribution in [0.2, 0.25) is 0 Å². The van der Waals surface area contributed by atoms with Crippen molar-refractivity contribution in [1.82, 2.24) is 15.4 Å². The van der Waals surface area contributed by atoms with Gasteiger partial charge in [-0.3, -0.25) is 4.79 Å². The molecule has 0 aliphatic heterocycles. The predicted molar refractivity (Wildman–Crippen MR) is 109 cm³/mol. The summed E-state index contributed by atoms with van der Waals surface area (Å²) in [7, 11) is 5.61. The van der Waals surface area contributed by atoms with Crippen molar-refractivity contribution in [2.24, 2.45) is 0 Å². The Morgan fingerprint density at radius 3 is 2.71 bits per heavy atom. The minimum absolute atomic E-state index is 0.114. The predicted octanol–water partition coefficient (Wildman–Crippen LogP) is 2.96. The van der Waals surface area contributed by atoms with Crippen LogP contribution in [0.1, 0.15) is 29.0 Å². The summed E-state index contributed by atoms with van der Waals surface area (Å²) in [5.74, 6) is 1.84. The molecule has 152 valence electrons. The Morgan fingerprint density at radius 1 is 1.29 bits per heavy atom. The van der Waals surface area contributed by atoms with Crippen molar-refractivity contribution < 1.29 is 18.8 Å². The van der Waals surface area contributed by atoms with Gasteiger partial charge in [0.2, 0.25) is 5.91 Å². The maximum absolute atomic E-state index is 11.9. The number of hydrogen-bond donors (Lipinski definition) is 1. The highest BCUT2D eigenvalue weighted by molar-refractivity contribution is 5.91. The quantitative estimate of drug-likeness (QED) is 0.499. The number of benzene rings is 1. The summed E-state index contributed by atoms with van der Waals surface area (Å²) in [4.78, 5) is 14.0. The lowest BCUT2D eigenvalue weighted by molar-refractivity contribution is -0.116. The van der Waals surface area contributed by atoms with Gasteiger partial charge in [-0.05, 0) is 64.7 Å². The molecule has 7 nitrogen and oxygen atoms in total. The molecule has 2 rings (SSSR count). The van der Waals surface area contributed by atoms with E-state index in [0.717, 1.165) is 35.5 Å². The summed E-state index contributed by atoms with van der Waals surface area (Å²) in [5, 5.41) is 6.80. The van der Waals surface area contributed by atoms with Crippen molar-refractivity contribution in [2.45, 2.75) is 26.9 Å². The summed E-state index contributed by atoms with van der Waals surface area (Å²) in [6, 6.07) is 5.53. The maximum atomic E-state index is 11.9. The van der Waals surface area contributed by atoms with Gasteiger partial charge in [-0.25, -0.2) is 0 Å². The van der Waals surface area contributed by atoms with Gasteiger partial charge in [-0.15, -0.1) is 0 Å². The average Bonchev–Trinajstić information content (AvgIpc) is 2.99. The van der Waals surface area contributed by atoms with Crippen LogP contribution in [0.15, 0.2) is 28.8 Å². The molecule has 1 N–H and O–H groups in total. The molecule has 0 saturated carbocycles. The second-order valence-electron chi connectivity index (χ2n) is 6.78. The zero-order chi connectivity index (χ0) is 20.5. The van der Waals surface area contributed by atoms with E-state index in [2.05, 4.69) is 15.4 Å². The summed E-state index contributed by atoms with van der Waals surface area (Å²) in [6.07, 6.45) is 4.19. The van der Waals surface area contributed by atoms with Crippen LogP contribution in [0.3, 0.4) is 0 Å². The van der Waals surface area contributed by atoms with Crippen molar-refractivity contribution in [3.05, 3.63) is 46.9 Å². The van der Waals surface area contributed by atoms with Gasteiger partial charge in [0.1, 0.15) is 12.4 Å². The summed E-state index contributed by atoms with van der Waals surface area (Å²) in [6.45, 7) is 5.68. The zero-order valence-corrected chi connectivity index (χ0v) is 17.2. The van der Waals surface area contributed by atoms with Crippen LogP contribution in [-0.2, 0) is 11.4 Å². The largest absolute Gasteiger partial charge is 0.493 e. The molecule has 0 aliphatic rings. The Kier molecular flexibility index (Phi) is 8.07. The molecule has 0 bridgehead atoms. The number of hydrogen-bond acceptors (Lipinski definition) is 6. The SMILES string of the molecule is COc1cc(C=CC(=O)NCCCN(C)C)ccc1OCc1c(C)noc1C. The highest BCUT2D eigenvalue weighted by Gasteiger charge is 2.11. The van der Waals surface area contributed by atoms with Gasteiger partial charge in [0.15, 0.2) is 11.5 Å². The number of carbonyl (C=O) groups excluding carboxylic acids is 1. The minimum atomic E-state index is -0.114. The highest BCUT2D eigenvalue weighted by Crippen LogP contribution is 2.30. The third-order valence-electron chi connectivity index (χ3n) is 4.25. The van der Waals surface area contributed by atoms with Crippen molar-refractivity contribution in [1.29, 1.82) is 0 Å². The fraction of sp³-hybridized carbons (Fsp3) is 0.429. The van der Waals surface area contributed by atoms with Crippen LogP contribution >= 0.6 is 0 Å². The Morgan fingerprint density at radius 2 is 2.07 bits per heavy atom. The van der Waals surface area contributed by atoms with Gasteiger partial charge in [0, 0.05) is 12.6 Å². The Hall–Kier alpha value is -2.80. The van der Waals surface area contributed by atoms with Gasteiger partial charge >= 0.3 is 0 Å². The van der Waals surface area contributed by atoms with Crippen molar-refractivity contribution >= 4 is 12.0 Å². The highest BCUT2D eigenvalue weighted by atomic mass is 16.5. The second kappa shape index (κ2) is 10.5. The van der Waals surface area contributed by atoms with Crippen LogP contribution in [-0.4, -0.2) is 50.3 Å². The summed E-state index contributed by atoms with van der Waals surface area (Å²) in [5.41, 5.74) is 2.59. The first kappa shape index (κ1) is 21.5. The lowest BCUT2D eigenvalue weighted by Gasteiger charge is -2.11. The Balaban J connectivity index is 1.93. The van der Waals surface area contributed by atoms with E-state index in [-0.39, 0.29) is 5.91 Å². The number of methoxy groups -OCH3 is 1. The lowest BCUT2D eigenvalue weighted by Crippen LogP contribution is -2.25. The molecule has 0 unspecified atom stereocenters. The van der Waals surface area contributed by atoms with E-state index in [1.807, 2.05) is 46.1 Å². The van der Waals surface area contributed by atoms with Crippen molar-refractivity contribution in [3.8, 4) is 11.5 Å². The number of rotatable bonds is 10. The smallest absolute Gasteiger partial charge is 0.243 e. The normalized spacial score (nSPS) is 11.2. The van der Waals surface area contributed by atoms with E-state index >= 15 is 0 Å². The number of ether oxygens (including phenoxy) is 2. The van der Waals surface area contributed by atoms with E-state index in [1.165, 1.54) is 6.08 Å². The first-order chi connectivity index (χ1) is 13.4. The molecule has 7 heteroatoms. The Labute approximate surface area is 166 Å². The zero-order valence-electron chi connectivity index (χ0n) is 17.2. The molecule has 1 heterocycles. The molecule has 1 aromatic carbocycles. The van der Waals surface area contributed by atoms with Crippen LogP contribution < -0.4 is 14.8 Å². The molecule has 1 aromatic heterocycles. The molecule has 0 aliphatic carbocycles. The number of carbonyl (C=O) groups is 1. The van der Waals surface area contributed by atoms with Gasteiger partial charge < -0.3 is 24.2 Å². The molecular formula is C21H29N3O4. The summed E-state index contributed by atoms with van der Waals surface area (Å²) < 4.78 is 16.4. The number of amides is 1. The molecular weight excluding hydrogens is 358 g/mol. The van der Waals surface area contributed by atoms with E-state index in [4.69, 9.17) is 14.0 Å². The average molecular weight is 387 g/mol. The van der Waals surface area contributed by atoms with E-state index in [0.29, 0.717) is 24.7 Å². The topological polar surface area (TPSA) is 76.8 Å². The fourth-order valence-corrected chi connectivity index (χ4v) is 2.60. The van der Waals surface area contributed by atoms with Gasteiger partial charge in [-0.2, -0.15) is 0 Å². The second-order valence-corrected chi connectivity index (χ2v) is 6.78. The van der Waals surface area contributed by atoms with Crippen LogP contribution in [0.25, 0.3) is 6.08 Å². The van der Waals surface area contributed by atoms with Crippen LogP contribution in [0.4, 0.5) is 0 Å². The van der Waals surface area contributed by atoms with E-state index < -0.39 is 0 Å². The van der Waals surface area contributed by atoms with Gasteiger partial charge in [0.05, 0.1) is 18.4 Å². The molecule has 0 saturated heterocycles. The van der Waals surface area contributed by atoms with E-state index in [9.17, 15) is 4.79 Å². The molecule has 0 fully saturated rings. The van der Waals surface area contributed by atoms with Gasteiger partial charge in [0.25, 0.3) is 0 Å². The molecule has 0 radical (unpaired) electrons. The number of aryl methyl sites for hydroxylation is 2. The van der Waals surface area contributed by atoms with Crippen LogP contribution in [0.5, 0.6) is 11.5 Å². The number of aromatic nitrogens is 1. The summed E-state index contributed by atoms with van der Waals surface area (Å²) >= 11 is 0. The van der Waals surface area contributed by atoms with Crippen LogP contribution in [0, 0.1) is 13.8 Å². The van der Waals surface area contributed by atoms with Gasteiger partial charge in [-0.1, -0.05) is 11.2 Å². The fourth-order valence-electron chi connectivity index (χ4n) is 2.60. The van der Waals surface area contributed by atoms with E-state index in [1.54, 1.807) is 13.2 Å². The Bertz CT molecular complexity index is 792. The number of nitrogens with one attached hydrogen (secondary N) is 1. The lowest BCUT2D eigenvalue weighted by atomic mass is 10.2. The molecule has 0 atom stereocenters. The molecule has 28 heavy (non-hydrogen) atoms. The third-order valence-corrected chi connectivity index (χ3v) is 4.25. The maximum Gasteiger partial charge on any atom is 0.243 e. The molecule has 1 amide bonds. The molecule has 0 spiro atoms. The van der Waals surface area contributed by atoms with Crippen molar-refractivity contribution in [3.63, 3.8) is 0 Å². The molecule has 2 aromatic rings. The third kappa shape index (κ3) is 6.42. The monoisotopic (exact) mass is 387 g/mol. The standard InChI is InChI=1S/C21H29N3O4/c1-15-18(16(2)28-23-15)14-27-19-9-7-17(13-20(19)26-5)8-10-21(25)22-11-6-12-24(3)4/h7-10,13H,6,11-12,14H2,1-5H3,(H,22,25). The number of nitrogens with zero attached hydrogens (tertiary/aromatic N) is 2. The van der Waals surface area contributed by atoms with Crippen molar-refractivity contribution in [2.75, 3.05) is 34.3 Å². The minimum Gasteiger partial charge on any atom is -0.493 e. The first-order valence-electron chi connectivity index (χ1n) is 9.24.